The van der Waals surface area contributed by atoms with Crippen molar-refractivity contribution in [3.05, 3.63) is 0 Å². The Labute approximate surface area is 82.1 Å². The molecule has 0 unspecified atom stereocenters. The van der Waals surface area contributed by atoms with E-state index >= 15 is 0 Å². The second kappa shape index (κ2) is 11.4. The van der Waals surface area contributed by atoms with E-state index in [2.05, 4.69) is 0 Å². The molecule has 1 amide bonds. The molecular formula is C10H23NO2. The van der Waals surface area contributed by atoms with E-state index in [9.17, 15) is 4.79 Å². The van der Waals surface area contributed by atoms with Gasteiger partial charge in [-0.25, -0.2) is 0 Å². The minimum Gasteiger partial charge on any atom is -0.380 e. The van der Waals surface area contributed by atoms with Crippen molar-refractivity contribution in [3.63, 3.8) is 0 Å². The first-order valence-electron chi connectivity index (χ1n) is 5.04. The van der Waals surface area contributed by atoms with Gasteiger partial charge in [0.25, 0.3) is 0 Å². The third-order valence-electron chi connectivity index (χ3n) is 1.50. The Morgan fingerprint density at radius 1 is 1.31 bits per heavy atom. The fourth-order valence-corrected chi connectivity index (χ4v) is 0.740. The number of rotatable bonds is 5. The van der Waals surface area contributed by atoms with Gasteiger partial charge in [0.2, 0.25) is 5.91 Å². The van der Waals surface area contributed by atoms with Crippen LogP contribution in [0.4, 0.5) is 0 Å². The maximum Gasteiger partial charge on any atom is 0.222 e. The van der Waals surface area contributed by atoms with Crippen molar-refractivity contribution in [2.75, 3.05) is 26.8 Å². The fourth-order valence-electron chi connectivity index (χ4n) is 0.740. The maximum atomic E-state index is 11.0. The summed E-state index contributed by atoms with van der Waals surface area (Å²) in [6.45, 7) is 9.86. The van der Waals surface area contributed by atoms with Crippen LogP contribution in [0.2, 0.25) is 0 Å². The standard InChI is InChI=1S/C8H17NO2.C2H6/c1-4-8(10)9(3)6-7-11-5-2;1-2/h4-7H2,1-3H3;1-2H3. The van der Waals surface area contributed by atoms with Crippen LogP contribution >= 0.6 is 0 Å². The molecule has 80 valence electrons. The first kappa shape index (κ1) is 14.9. The second-order valence-electron chi connectivity index (χ2n) is 2.37. The molecule has 0 rings (SSSR count). The molecule has 0 spiro atoms. The smallest absolute Gasteiger partial charge is 0.222 e. The molecule has 3 nitrogen and oxygen atoms in total. The van der Waals surface area contributed by atoms with E-state index in [0.717, 1.165) is 0 Å². The van der Waals surface area contributed by atoms with Crippen LogP contribution in [0.25, 0.3) is 0 Å². The average Bonchev–Trinajstić information content (AvgIpc) is 2.20. The summed E-state index contributed by atoms with van der Waals surface area (Å²) >= 11 is 0. The minimum absolute atomic E-state index is 0.171. The van der Waals surface area contributed by atoms with Crippen molar-refractivity contribution in [1.82, 2.24) is 4.90 Å². The molecule has 0 atom stereocenters. The van der Waals surface area contributed by atoms with Gasteiger partial charge in [-0.05, 0) is 6.92 Å². The normalized spacial score (nSPS) is 8.69. The van der Waals surface area contributed by atoms with Crippen molar-refractivity contribution in [1.29, 1.82) is 0 Å². The number of likely N-dealkylation sites (N-methyl/N-ethyl adjacent to an activating group) is 1. The van der Waals surface area contributed by atoms with Gasteiger partial charge in [0.1, 0.15) is 0 Å². The summed E-state index contributed by atoms with van der Waals surface area (Å²) in [6.07, 6.45) is 0.572. The molecule has 0 aliphatic rings. The van der Waals surface area contributed by atoms with E-state index in [1.807, 2.05) is 27.7 Å². The third kappa shape index (κ3) is 9.34. The average molecular weight is 189 g/mol. The molecule has 0 radical (unpaired) electrons. The van der Waals surface area contributed by atoms with E-state index < -0.39 is 0 Å². The molecule has 0 aromatic heterocycles. The molecule has 3 heteroatoms. The molecule has 0 heterocycles. The Balaban J connectivity index is 0. The number of amides is 1. The quantitative estimate of drug-likeness (QED) is 0.618. The van der Waals surface area contributed by atoms with Crippen LogP contribution in [0.15, 0.2) is 0 Å². The molecule has 13 heavy (non-hydrogen) atoms. The number of hydrogen-bond donors (Lipinski definition) is 0. The maximum absolute atomic E-state index is 11.0. The van der Waals surface area contributed by atoms with Crippen molar-refractivity contribution in [2.45, 2.75) is 34.1 Å². The third-order valence-corrected chi connectivity index (χ3v) is 1.50. The van der Waals surface area contributed by atoms with Gasteiger partial charge < -0.3 is 9.64 Å². The fraction of sp³-hybridized carbons (Fsp3) is 0.900. The SMILES string of the molecule is CC.CCOCCN(C)C(=O)CC. The lowest BCUT2D eigenvalue weighted by Gasteiger charge is -2.15. The Morgan fingerprint density at radius 2 is 1.85 bits per heavy atom. The van der Waals surface area contributed by atoms with Crippen LogP contribution in [-0.2, 0) is 9.53 Å². The highest BCUT2D eigenvalue weighted by Crippen LogP contribution is 1.88. The summed E-state index contributed by atoms with van der Waals surface area (Å²) in [5.74, 6) is 0.171. The molecule has 0 saturated carbocycles. The summed E-state index contributed by atoms with van der Waals surface area (Å²) in [6, 6.07) is 0. The Kier molecular flexibility index (Phi) is 13.1. The molecule has 0 aliphatic heterocycles. The van der Waals surface area contributed by atoms with Crippen molar-refractivity contribution < 1.29 is 9.53 Å². The van der Waals surface area contributed by atoms with Crippen molar-refractivity contribution >= 4 is 5.91 Å². The highest BCUT2D eigenvalue weighted by Gasteiger charge is 2.03. The Bertz CT molecular complexity index is 115. The molecule has 0 aliphatic carbocycles. The molecule has 0 aromatic rings. The van der Waals surface area contributed by atoms with Crippen LogP contribution in [0.5, 0.6) is 0 Å². The van der Waals surface area contributed by atoms with Gasteiger partial charge in [-0.2, -0.15) is 0 Å². The second-order valence-corrected chi connectivity index (χ2v) is 2.37. The van der Waals surface area contributed by atoms with E-state index in [0.29, 0.717) is 26.2 Å². The van der Waals surface area contributed by atoms with Crippen molar-refractivity contribution in [2.24, 2.45) is 0 Å². The van der Waals surface area contributed by atoms with E-state index in [-0.39, 0.29) is 5.91 Å². The number of carbonyl (C=O) groups excluding carboxylic acids is 1. The van der Waals surface area contributed by atoms with Gasteiger partial charge in [-0.15, -0.1) is 0 Å². The zero-order valence-corrected chi connectivity index (χ0v) is 9.59. The van der Waals surface area contributed by atoms with Crippen LogP contribution in [-0.4, -0.2) is 37.6 Å². The summed E-state index contributed by atoms with van der Waals surface area (Å²) in [5.41, 5.74) is 0. The largest absolute Gasteiger partial charge is 0.380 e. The van der Waals surface area contributed by atoms with Gasteiger partial charge in [0, 0.05) is 26.6 Å². The molecule has 0 N–H and O–H groups in total. The minimum atomic E-state index is 0.171. The molecule has 0 aromatic carbocycles. The molecule has 0 bridgehead atoms. The molecule has 0 saturated heterocycles. The number of hydrogen-bond acceptors (Lipinski definition) is 2. The summed E-state index contributed by atoms with van der Waals surface area (Å²) in [7, 11) is 1.80. The van der Waals surface area contributed by atoms with E-state index in [1.54, 1.807) is 11.9 Å². The Hall–Kier alpha value is -0.570. The Morgan fingerprint density at radius 3 is 2.23 bits per heavy atom. The van der Waals surface area contributed by atoms with Gasteiger partial charge >= 0.3 is 0 Å². The number of carbonyl (C=O) groups is 1. The predicted octanol–water partition coefficient (Wildman–Crippen LogP) is 1.92. The van der Waals surface area contributed by atoms with Gasteiger partial charge in [0.15, 0.2) is 0 Å². The van der Waals surface area contributed by atoms with Crippen molar-refractivity contribution in [3.8, 4) is 0 Å². The zero-order chi connectivity index (χ0) is 10.7. The number of nitrogens with zero attached hydrogens (tertiary/aromatic N) is 1. The first-order valence-corrected chi connectivity index (χ1v) is 5.04. The van der Waals surface area contributed by atoms with Crippen LogP contribution in [0.1, 0.15) is 34.1 Å². The van der Waals surface area contributed by atoms with E-state index in [4.69, 9.17) is 4.74 Å². The van der Waals surface area contributed by atoms with Gasteiger partial charge in [0.05, 0.1) is 6.61 Å². The monoisotopic (exact) mass is 189 g/mol. The van der Waals surface area contributed by atoms with Crippen LogP contribution in [0.3, 0.4) is 0 Å². The van der Waals surface area contributed by atoms with E-state index in [1.165, 1.54) is 0 Å². The molecule has 0 fully saturated rings. The summed E-state index contributed by atoms with van der Waals surface area (Å²) in [4.78, 5) is 12.7. The zero-order valence-electron chi connectivity index (χ0n) is 9.59. The topological polar surface area (TPSA) is 29.5 Å². The summed E-state index contributed by atoms with van der Waals surface area (Å²) in [5, 5.41) is 0. The first-order chi connectivity index (χ1) is 6.22. The predicted molar refractivity (Wildman–Crippen MR) is 55.8 cm³/mol. The van der Waals surface area contributed by atoms with Crippen LogP contribution < -0.4 is 0 Å². The lowest BCUT2D eigenvalue weighted by molar-refractivity contribution is -0.130. The highest BCUT2D eigenvalue weighted by atomic mass is 16.5. The number of ether oxygens (including phenoxy) is 1. The van der Waals surface area contributed by atoms with Crippen LogP contribution in [0, 0.1) is 0 Å². The van der Waals surface area contributed by atoms with Gasteiger partial charge in [-0.3, -0.25) is 4.79 Å². The molecular weight excluding hydrogens is 166 g/mol. The lowest BCUT2D eigenvalue weighted by atomic mass is 10.4. The van der Waals surface area contributed by atoms with Gasteiger partial charge in [-0.1, -0.05) is 20.8 Å². The lowest BCUT2D eigenvalue weighted by Crippen LogP contribution is -2.29. The highest BCUT2D eigenvalue weighted by molar-refractivity contribution is 5.75. The summed E-state index contributed by atoms with van der Waals surface area (Å²) < 4.78 is 5.10.